The zero-order valence-electron chi connectivity index (χ0n) is 12.6. The van der Waals surface area contributed by atoms with Gasteiger partial charge in [0.15, 0.2) is 0 Å². The van der Waals surface area contributed by atoms with Crippen molar-refractivity contribution in [3.63, 3.8) is 0 Å². The molecule has 1 aromatic rings. The lowest BCUT2D eigenvalue weighted by molar-refractivity contribution is -0.0612. The van der Waals surface area contributed by atoms with E-state index in [0.717, 1.165) is 42.4 Å². The molecule has 0 spiro atoms. The fourth-order valence-electron chi connectivity index (χ4n) is 3.86. The molecule has 1 aromatic carbocycles. The lowest BCUT2D eigenvalue weighted by Crippen LogP contribution is -2.53. The van der Waals surface area contributed by atoms with Crippen molar-refractivity contribution < 1.29 is 10.2 Å². The Labute approximate surface area is 135 Å². The summed E-state index contributed by atoms with van der Waals surface area (Å²) in [5.41, 5.74) is 1.68. The molecule has 0 radical (unpaired) electrons. The number of aliphatic hydroxyl groups is 2. The maximum absolute atomic E-state index is 10.8. The van der Waals surface area contributed by atoms with Crippen molar-refractivity contribution in [2.45, 2.75) is 50.7 Å². The van der Waals surface area contributed by atoms with E-state index < -0.39 is 11.7 Å². The Kier molecular flexibility index (Phi) is 4.30. The summed E-state index contributed by atoms with van der Waals surface area (Å²) in [6.45, 7) is 3.63. The van der Waals surface area contributed by atoms with E-state index in [2.05, 4.69) is 33.0 Å². The number of benzene rings is 1. The minimum atomic E-state index is -0.460. The Hall–Kier alpha value is -0.580. The van der Waals surface area contributed by atoms with Gasteiger partial charge < -0.3 is 15.1 Å². The molecule has 116 valence electrons. The molecule has 2 unspecified atom stereocenters. The third-order valence-corrected chi connectivity index (χ3v) is 5.91. The standard InChI is InChI=1S/C17H24BrNO2/c1-12(20)15-6-5-14(10-16(15)18)19-9-8-17(21)7-3-2-4-13(17)11-19/h5-6,10,12-13,20-21H,2-4,7-9,11H2,1H3/t12-,13?,17?/m1/s1. The van der Waals surface area contributed by atoms with Gasteiger partial charge in [0.1, 0.15) is 0 Å². The van der Waals surface area contributed by atoms with Crippen molar-refractivity contribution in [3.8, 4) is 0 Å². The lowest BCUT2D eigenvalue weighted by atomic mass is 9.71. The van der Waals surface area contributed by atoms with Gasteiger partial charge in [-0.1, -0.05) is 34.8 Å². The van der Waals surface area contributed by atoms with Crippen LogP contribution in [0, 0.1) is 5.92 Å². The molecule has 3 rings (SSSR count). The van der Waals surface area contributed by atoms with Crippen LogP contribution in [0.4, 0.5) is 5.69 Å². The molecule has 2 aliphatic rings. The minimum absolute atomic E-state index is 0.398. The van der Waals surface area contributed by atoms with Gasteiger partial charge in [0.25, 0.3) is 0 Å². The van der Waals surface area contributed by atoms with Gasteiger partial charge in [-0.2, -0.15) is 0 Å². The van der Waals surface area contributed by atoms with E-state index >= 15 is 0 Å². The number of halogens is 1. The maximum Gasteiger partial charge on any atom is 0.0772 e. The first-order chi connectivity index (χ1) is 9.99. The van der Waals surface area contributed by atoms with Crippen LogP contribution in [0.2, 0.25) is 0 Å². The Morgan fingerprint density at radius 2 is 2.14 bits per heavy atom. The number of nitrogens with zero attached hydrogens (tertiary/aromatic N) is 1. The van der Waals surface area contributed by atoms with E-state index in [1.54, 1.807) is 6.92 Å². The molecule has 4 heteroatoms. The van der Waals surface area contributed by atoms with Crippen LogP contribution in [0.3, 0.4) is 0 Å². The molecule has 1 saturated heterocycles. The first kappa shape index (κ1) is 15.3. The van der Waals surface area contributed by atoms with Gasteiger partial charge in [-0.05, 0) is 43.9 Å². The van der Waals surface area contributed by atoms with Gasteiger partial charge in [0.2, 0.25) is 0 Å². The highest BCUT2D eigenvalue weighted by Crippen LogP contribution is 2.41. The van der Waals surface area contributed by atoms with E-state index in [1.165, 1.54) is 18.5 Å². The minimum Gasteiger partial charge on any atom is -0.389 e. The van der Waals surface area contributed by atoms with Crippen molar-refractivity contribution >= 4 is 21.6 Å². The Balaban J connectivity index is 1.78. The third-order valence-electron chi connectivity index (χ3n) is 5.23. The molecule has 1 saturated carbocycles. The van der Waals surface area contributed by atoms with Crippen molar-refractivity contribution in [2.24, 2.45) is 5.92 Å². The summed E-state index contributed by atoms with van der Waals surface area (Å²) in [4.78, 5) is 2.38. The molecule has 0 aromatic heterocycles. The van der Waals surface area contributed by atoms with E-state index in [-0.39, 0.29) is 0 Å². The van der Waals surface area contributed by atoms with Gasteiger partial charge in [-0.25, -0.2) is 0 Å². The zero-order valence-corrected chi connectivity index (χ0v) is 14.1. The van der Waals surface area contributed by atoms with E-state index in [9.17, 15) is 10.2 Å². The molecule has 1 heterocycles. The molecule has 0 bridgehead atoms. The SMILES string of the molecule is C[C@@H](O)c1ccc(N2CCC3(O)CCCCC3C2)cc1Br. The van der Waals surface area contributed by atoms with Crippen LogP contribution in [0.5, 0.6) is 0 Å². The second kappa shape index (κ2) is 5.90. The summed E-state index contributed by atoms with van der Waals surface area (Å²) in [5.74, 6) is 0.398. The van der Waals surface area contributed by atoms with Crippen LogP contribution in [0.15, 0.2) is 22.7 Å². The monoisotopic (exact) mass is 353 g/mol. The smallest absolute Gasteiger partial charge is 0.0772 e. The predicted octanol–water partition coefficient (Wildman–Crippen LogP) is 3.63. The largest absolute Gasteiger partial charge is 0.389 e. The maximum atomic E-state index is 10.8. The molecule has 2 N–H and O–H groups in total. The second-order valence-corrected chi connectivity index (χ2v) is 7.48. The van der Waals surface area contributed by atoms with Crippen molar-refractivity contribution in [1.82, 2.24) is 0 Å². The van der Waals surface area contributed by atoms with E-state index in [1.807, 2.05) is 6.07 Å². The zero-order chi connectivity index (χ0) is 15.0. The Morgan fingerprint density at radius 3 is 2.86 bits per heavy atom. The number of fused-ring (bicyclic) bond motifs is 1. The summed E-state index contributed by atoms with van der Waals surface area (Å²) in [5, 5.41) is 20.5. The van der Waals surface area contributed by atoms with Crippen LogP contribution in [-0.4, -0.2) is 28.9 Å². The van der Waals surface area contributed by atoms with Crippen LogP contribution in [-0.2, 0) is 0 Å². The van der Waals surface area contributed by atoms with Crippen LogP contribution >= 0.6 is 15.9 Å². The molecule has 1 aliphatic heterocycles. The number of piperidine rings is 1. The normalized spacial score (nSPS) is 30.9. The first-order valence-corrected chi connectivity index (χ1v) is 8.74. The molecule has 2 fully saturated rings. The van der Waals surface area contributed by atoms with Gasteiger partial charge in [0, 0.05) is 29.2 Å². The quantitative estimate of drug-likeness (QED) is 0.852. The molecule has 3 nitrogen and oxygen atoms in total. The molecule has 3 atom stereocenters. The fourth-order valence-corrected chi connectivity index (χ4v) is 4.55. The third kappa shape index (κ3) is 2.99. The summed E-state index contributed by atoms with van der Waals surface area (Å²) in [6.07, 6.45) is 4.93. The number of aliphatic hydroxyl groups excluding tert-OH is 1. The predicted molar refractivity (Wildman–Crippen MR) is 88.5 cm³/mol. The van der Waals surface area contributed by atoms with Crippen LogP contribution in [0.25, 0.3) is 0 Å². The number of anilines is 1. The van der Waals surface area contributed by atoms with Crippen LogP contribution < -0.4 is 4.90 Å². The van der Waals surface area contributed by atoms with Crippen molar-refractivity contribution in [3.05, 3.63) is 28.2 Å². The number of rotatable bonds is 2. The van der Waals surface area contributed by atoms with Crippen molar-refractivity contribution in [2.75, 3.05) is 18.0 Å². The van der Waals surface area contributed by atoms with E-state index in [4.69, 9.17) is 0 Å². The Bertz CT molecular complexity index is 520. The molecule has 1 aliphatic carbocycles. The summed E-state index contributed by atoms with van der Waals surface area (Å²) < 4.78 is 0.958. The highest BCUT2D eigenvalue weighted by atomic mass is 79.9. The average Bonchev–Trinajstić information content (AvgIpc) is 2.45. The highest BCUT2D eigenvalue weighted by Gasteiger charge is 2.42. The second-order valence-electron chi connectivity index (χ2n) is 6.62. The van der Waals surface area contributed by atoms with Gasteiger partial charge >= 0.3 is 0 Å². The fraction of sp³-hybridized carbons (Fsp3) is 0.647. The Morgan fingerprint density at radius 1 is 1.33 bits per heavy atom. The van der Waals surface area contributed by atoms with Gasteiger partial charge in [-0.3, -0.25) is 0 Å². The molecule has 0 amide bonds. The molecular weight excluding hydrogens is 330 g/mol. The van der Waals surface area contributed by atoms with Gasteiger partial charge in [0.05, 0.1) is 11.7 Å². The number of hydrogen-bond acceptors (Lipinski definition) is 3. The summed E-state index contributed by atoms with van der Waals surface area (Å²) in [7, 11) is 0. The molecular formula is C17H24BrNO2. The van der Waals surface area contributed by atoms with Crippen LogP contribution in [0.1, 0.15) is 50.7 Å². The molecule has 21 heavy (non-hydrogen) atoms. The lowest BCUT2D eigenvalue weighted by Gasteiger charge is -2.48. The highest BCUT2D eigenvalue weighted by molar-refractivity contribution is 9.10. The van der Waals surface area contributed by atoms with Crippen molar-refractivity contribution in [1.29, 1.82) is 0 Å². The topological polar surface area (TPSA) is 43.7 Å². The average molecular weight is 354 g/mol. The first-order valence-electron chi connectivity index (χ1n) is 7.94. The summed E-state index contributed by atoms with van der Waals surface area (Å²) >= 11 is 3.56. The summed E-state index contributed by atoms with van der Waals surface area (Å²) in [6, 6.07) is 6.17. The van der Waals surface area contributed by atoms with Gasteiger partial charge in [-0.15, -0.1) is 0 Å². The van der Waals surface area contributed by atoms with E-state index in [0.29, 0.717) is 5.92 Å². The number of hydrogen-bond donors (Lipinski definition) is 2.